The van der Waals surface area contributed by atoms with Crippen molar-refractivity contribution in [2.75, 3.05) is 0 Å². The van der Waals surface area contributed by atoms with Gasteiger partial charge >= 0.3 is 0 Å². The molecule has 0 atom stereocenters. The van der Waals surface area contributed by atoms with Crippen LogP contribution in [0.3, 0.4) is 0 Å². The molecule has 2 aromatic rings. The van der Waals surface area contributed by atoms with Crippen molar-refractivity contribution in [2.45, 2.75) is 0 Å². The van der Waals surface area contributed by atoms with Gasteiger partial charge in [0.2, 0.25) is 0 Å². The zero-order chi connectivity index (χ0) is 9.42. The molecule has 7 heteroatoms. The van der Waals surface area contributed by atoms with E-state index in [9.17, 15) is 10.1 Å². The Labute approximate surface area is 110 Å². The third-order valence-electron chi connectivity index (χ3n) is 1.70. The first-order valence-corrected chi connectivity index (χ1v) is 4.54. The highest BCUT2D eigenvalue weighted by atomic mass is 127. The zero-order valence-corrected chi connectivity index (χ0v) is 11.2. The number of hydrogen-bond donors (Lipinski definition) is 1. The summed E-state index contributed by atoms with van der Waals surface area (Å²) < 4.78 is 0.891. The zero-order valence-electron chi connectivity index (χ0n) is 6.73. The number of nitrogens with one attached hydrogen (secondary N) is 1. The first-order valence-electron chi connectivity index (χ1n) is 3.46. The van der Waals surface area contributed by atoms with E-state index in [1.807, 2.05) is 0 Å². The molecule has 0 aliphatic carbocycles. The fraction of sp³-hybridized carbons (Fsp3) is 0. The molecule has 0 aliphatic rings. The number of nitro benzene ring substituents is 1. The van der Waals surface area contributed by atoms with E-state index in [4.69, 9.17) is 0 Å². The van der Waals surface area contributed by atoms with Gasteiger partial charge in [-0.1, -0.05) is 0 Å². The van der Waals surface area contributed by atoms with E-state index >= 15 is 0 Å². The van der Waals surface area contributed by atoms with Gasteiger partial charge in [0, 0.05) is 17.5 Å². The second kappa shape index (κ2) is 4.38. The summed E-state index contributed by atoms with van der Waals surface area (Å²) in [5.74, 6) is 0. The van der Waals surface area contributed by atoms with Gasteiger partial charge in [0.05, 0.1) is 4.92 Å². The van der Waals surface area contributed by atoms with Crippen molar-refractivity contribution >= 4 is 63.2 Å². The predicted octanol–water partition coefficient (Wildman–Crippen LogP) is 2.69. The van der Waals surface area contributed by atoms with Gasteiger partial charge in [-0.3, -0.25) is 15.2 Å². The number of benzene rings is 1. The van der Waals surface area contributed by atoms with E-state index in [1.54, 1.807) is 6.07 Å². The Morgan fingerprint density at radius 3 is 2.86 bits per heavy atom. The van der Waals surface area contributed by atoms with E-state index < -0.39 is 4.92 Å². The van der Waals surface area contributed by atoms with Crippen LogP contribution in [0.5, 0.6) is 0 Å². The molecule has 74 valence electrons. The first kappa shape index (κ1) is 11.6. The lowest BCUT2D eigenvalue weighted by Crippen LogP contribution is -1.86. The van der Waals surface area contributed by atoms with Crippen LogP contribution in [-0.2, 0) is 0 Å². The minimum Gasteiger partial charge on any atom is -0.271 e. The van der Waals surface area contributed by atoms with Crippen LogP contribution in [0.1, 0.15) is 0 Å². The molecular weight excluding hydrogens is 412 g/mol. The number of non-ortho nitro benzene ring substituents is 1. The van der Waals surface area contributed by atoms with Crippen LogP contribution in [0, 0.1) is 13.8 Å². The maximum atomic E-state index is 10.4. The Morgan fingerprint density at radius 2 is 2.21 bits per heavy atom. The first-order chi connectivity index (χ1) is 6.18. The van der Waals surface area contributed by atoms with Gasteiger partial charge in [0.25, 0.3) is 5.69 Å². The van der Waals surface area contributed by atoms with E-state index in [0.29, 0.717) is 5.52 Å². The number of aromatic amines is 1. The largest absolute Gasteiger partial charge is 0.271 e. The molecule has 0 unspecified atom stereocenters. The lowest BCUT2D eigenvalue weighted by molar-refractivity contribution is -0.384. The summed E-state index contributed by atoms with van der Waals surface area (Å²) in [5, 5.41) is 18.0. The molecular formula is C7H5I2N3O2. The third kappa shape index (κ3) is 1.97. The van der Waals surface area contributed by atoms with Crippen molar-refractivity contribution in [3.8, 4) is 0 Å². The minimum absolute atomic E-state index is 0. The van der Waals surface area contributed by atoms with Crippen molar-refractivity contribution in [3.05, 3.63) is 32.0 Å². The third-order valence-corrected chi connectivity index (χ3v) is 2.53. The predicted molar refractivity (Wildman–Crippen MR) is 70.9 cm³/mol. The van der Waals surface area contributed by atoms with Crippen LogP contribution in [-0.4, -0.2) is 15.1 Å². The maximum Gasteiger partial charge on any atom is 0.271 e. The van der Waals surface area contributed by atoms with Gasteiger partial charge in [0.15, 0.2) is 0 Å². The molecule has 14 heavy (non-hydrogen) atoms. The molecule has 1 aromatic carbocycles. The molecule has 1 aromatic heterocycles. The fourth-order valence-electron chi connectivity index (χ4n) is 1.08. The van der Waals surface area contributed by atoms with Crippen molar-refractivity contribution < 1.29 is 4.92 Å². The topological polar surface area (TPSA) is 71.8 Å². The molecule has 0 saturated carbocycles. The number of H-pyrrole nitrogens is 1. The summed E-state index contributed by atoms with van der Waals surface area (Å²) >= 11 is 2.09. The summed E-state index contributed by atoms with van der Waals surface area (Å²) in [6.45, 7) is 0. The normalized spacial score (nSPS) is 9.79. The maximum absolute atomic E-state index is 10.4. The number of fused-ring (bicyclic) bond motifs is 1. The highest BCUT2D eigenvalue weighted by molar-refractivity contribution is 14.1. The second-order valence-electron chi connectivity index (χ2n) is 2.50. The van der Waals surface area contributed by atoms with E-state index in [1.165, 1.54) is 12.1 Å². The number of hydrogen-bond acceptors (Lipinski definition) is 3. The highest BCUT2D eigenvalue weighted by Gasteiger charge is 2.09. The van der Waals surface area contributed by atoms with E-state index in [2.05, 4.69) is 32.8 Å². The molecule has 0 radical (unpaired) electrons. The van der Waals surface area contributed by atoms with Gasteiger partial charge in [-0.25, -0.2) is 0 Å². The van der Waals surface area contributed by atoms with Gasteiger partial charge in [-0.2, -0.15) is 5.10 Å². The molecule has 0 saturated heterocycles. The number of halogens is 2. The van der Waals surface area contributed by atoms with Gasteiger partial charge in [-0.15, -0.1) is 24.0 Å². The number of aromatic nitrogens is 2. The Hall–Kier alpha value is -0.450. The van der Waals surface area contributed by atoms with Crippen molar-refractivity contribution in [1.82, 2.24) is 10.2 Å². The Kier molecular flexibility index (Phi) is 3.64. The summed E-state index contributed by atoms with van der Waals surface area (Å²) in [6, 6.07) is 4.62. The molecule has 1 heterocycles. The average molecular weight is 417 g/mol. The van der Waals surface area contributed by atoms with E-state index in [0.717, 1.165) is 9.09 Å². The summed E-state index contributed by atoms with van der Waals surface area (Å²) in [6.07, 6.45) is 0. The molecule has 0 fully saturated rings. The minimum atomic E-state index is -0.430. The van der Waals surface area contributed by atoms with Gasteiger partial charge in [-0.05, 0) is 28.7 Å². The monoisotopic (exact) mass is 417 g/mol. The molecule has 0 bridgehead atoms. The lowest BCUT2D eigenvalue weighted by Gasteiger charge is -1.89. The standard InChI is InChI=1S/C7H4IN3O2.HI/c8-7-5-2-1-4(11(12)13)3-6(5)9-10-7;/h1-3H,(H,9,10);1H. The Morgan fingerprint density at radius 1 is 1.50 bits per heavy atom. The molecule has 5 nitrogen and oxygen atoms in total. The molecule has 0 aliphatic heterocycles. The van der Waals surface area contributed by atoms with Crippen LogP contribution in [0.2, 0.25) is 0 Å². The SMILES string of the molecule is I.O=[N+]([O-])c1ccc2c(I)[nH]nc2c1. The van der Waals surface area contributed by atoms with Crippen molar-refractivity contribution in [2.24, 2.45) is 0 Å². The van der Waals surface area contributed by atoms with Gasteiger partial charge in [0.1, 0.15) is 9.22 Å². The molecule has 0 spiro atoms. The lowest BCUT2D eigenvalue weighted by atomic mass is 10.2. The van der Waals surface area contributed by atoms with Crippen molar-refractivity contribution in [1.29, 1.82) is 0 Å². The average Bonchev–Trinajstić information content (AvgIpc) is 2.47. The molecule has 2 rings (SSSR count). The number of nitrogens with zero attached hydrogens (tertiary/aromatic N) is 2. The summed E-state index contributed by atoms with van der Waals surface area (Å²) in [5.41, 5.74) is 0.689. The Balaban J connectivity index is 0.000000980. The molecule has 1 N–H and O–H groups in total. The van der Waals surface area contributed by atoms with Crippen molar-refractivity contribution in [3.63, 3.8) is 0 Å². The second-order valence-corrected chi connectivity index (χ2v) is 3.57. The van der Waals surface area contributed by atoms with Crippen LogP contribution in [0.4, 0.5) is 5.69 Å². The quantitative estimate of drug-likeness (QED) is 0.441. The highest BCUT2D eigenvalue weighted by Crippen LogP contribution is 2.22. The number of nitro groups is 1. The number of rotatable bonds is 1. The van der Waals surface area contributed by atoms with Crippen LogP contribution in [0.15, 0.2) is 18.2 Å². The van der Waals surface area contributed by atoms with Crippen LogP contribution in [0.25, 0.3) is 10.9 Å². The fourth-order valence-corrected chi connectivity index (χ4v) is 1.66. The molecule has 0 amide bonds. The summed E-state index contributed by atoms with van der Waals surface area (Å²) in [7, 11) is 0. The van der Waals surface area contributed by atoms with Crippen LogP contribution < -0.4 is 0 Å². The van der Waals surface area contributed by atoms with Gasteiger partial charge < -0.3 is 0 Å². The smallest absolute Gasteiger partial charge is 0.271 e. The Bertz CT molecular complexity index is 483. The summed E-state index contributed by atoms with van der Waals surface area (Å²) in [4.78, 5) is 9.99. The van der Waals surface area contributed by atoms with E-state index in [-0.39, 0.29) is 29.7 Å². The van der Waals surface area contributed by atoms with Crippen LogP contribution >= 0.6 is 46.6 Å².